The smallest absolute Gasteiger partial charge is 0.274 e. The van der Waals surface area contributed by atoms with Crippen molar-refractivity contribution in [3.05, 3.63) is 64.7 Å². The van der Waals surface area contributed by atoms with Crippen LogP contribution in [0.15, 0.2) is 58.6 Å². The number of aromatic amines is 1. The first-order chi connectivity index (χ1) is 18.1. The van der Waals surface area contributed by atoms with Gasteiger partial charge in [0.2, 0.25) is 0 Å². The molecular weight excluding hydrogens is 470 g/mol. The van der Waals surface area contributed by atoms with Crippen molar-refractivity contribution >= 4 is 28.0 Å². The normalized spacial score (nSPS) is 24.3. The summed E-state index contributed by atoms with van der Waals surface area (Å²) in [6.45, 7) is 4.30. The maximum absolute atomic E-state index is 13.2. The number of aliphatic imine (C=N–C) groups is 1. The third-order valence-electron chi connectivity index (χ3n) is 7.53. The van der Waals surface area contributed by atoms with Gasteiger partial charge in [0.25, 0.3) is 5.56 Å². The Morgan fingerprint density at radius 1 is 1.14 bits per heavy atom. The molecule has 0 spiro atoms. The lowest BCUT2D eigenvalue weighted by atomic mass is 10.0. The Morgan fingerprint density at radius 3 is 2.84 bits per heavy atom. The van der Waals surface area contributed by atoms with Gasteiger partial charge in [-0.2, -0.15) is 0 Å². The van der Waals surface area contributed by atoms with Crippen LogP contribution in [0.25, 0.3) is 22.3 Å². The Hall–Kier alpha value is -4.02. The van der Waals surface area contributed by atoms with Crippen LogP contribution in [0.4, 0.5) is 11.4 Å². The predicted molar refractivity (Wildman–Crippen MR) is 141 cm³/mol. The van der Waals surface area contributed by atoms with Crippen LogP contribution in [0, 0.1) is 0 Å². The Morgan fingerprint density at radius 2 is 2.00 bits per heavy atom. The second kappa shape index (κ2) is 8.53. The van der Waals surface area contributed by atoms with Gasteiger partial charge in [-0.15, -0.1) is 0 Å². The number of rotatable bonds is 2. The number of hydrogen-bond acceptors (Lipinski definition) is 8. The van der Waals surface area contributed by atoms with E-state index in [1.54, 1.807) is 30.3 Å². The quantitative estimate of drug-likeness (QED) is 0.438. The number of H-pyrrole nitrogens is 1. The molecule has 4 aromatic rings. The van der Waals surface area contributed by atoms with Gasteiger partial charge in [0.15, 0.2) is 12.1 Å². The SMILES string of the molecule is COC1Nc2cc(-c3ncccn3)cc3c2N=C1c1cccc2c(=O)n([nH]c12)CCN1CC(C[C@H]1C)O3. The number of ether oxygens (including phenoxy) is 2. The minimum Gasteiger partial charge on any atom is -0.487 e. The maximum Gasteiger partial charge on any atom is 0.274 e. The average molecular weight is 498 g/mol. The highest BCUT2D eigenvalue weighted by Crippen LogP contribution is 2.44. The molecule has 10 nitrogen and oxygen atoms in total. The van der Waals surface area contributed by atoms with Gasteiger partial charge in [-0.1, -0.05) is 12.1 Å². The van der Waals surface area contributed by atoms with Crippen LogP contribution in [0.1, 0.15) is 18.9 Å². The zero-order chi connectivity index (χ0) is 25.1. The number of anilines is 1. The molecule has 2 aromatic carbocycles. The molecule has 1 saturated heterocycles. The van der Waals surface area contributed by atoms with Crippen LogP contribution in [-0.2, 0) is 11.3 Å². The lowest BCUT2D eigenvalue weighted by molar-refractivity contribution is 0.176. The highest BCUT2D eigenvalue weighted by atomic mass is 16.5. The average Bonchev–Trinajstić information content (AvgIpc) is 3.44. The number of nitrogens with one attached hydrogen (secondary N) is 2. The van der Waals surface area contributed by atoms with Gasteiger partial charge in [-0.05, 0) is 31.2 Å². The van der Waals surface area contributed by atoms with Crippen LogP contribution < -0.4 is 15.6 Å². The van der Waals surface area contributed by atoms with E-state index in [2.05, 4.69) is 32.2 Å². The zero-order valence-corrected chi connectivity index (χ0v) is 20.6. The molecule has 0 amide bonds. The van der Waals surface area contributed by atoms with E-state index < -0.39 is 6.23 Å². The third kappa shape index (κ3) is 3.63. The van der Waals surface area contributed by atoms with Gasteiger partial charge in [-0.25, -0.2) is 15.0 Å². The fourth-order valence-corrected chi connectivity index (χ4v) is 5.66. The lowest BCUT2D eigenvalue weighted by Gasteiger charge is -2.28. The summed E-state index contributed by atoms with van der Waals surface area (Å²) < 4.78 is 14.2. The topological polar surface area (TPSA) is 110 Å². The second-order valence-electron chi connectivity index (χ2n) is 9.82. The molecule has 0 radical (unpaired) electrons. The molecule has 3 aliphatic rings. The Labute approximate surface area is 212 Å². The van der Waals surface area contributed by atoms with Gasteiger partial charge < -0.3 is 14.8 Å². The number of nitrogens with zero attached hydrogens (tertiary/aromatic N) is 5. The number of benzene rings is 2. The van der Waals surface area contributed by atoms with Crippen molar-refractivity contribution in [1.29, 1.82) is 0 Å². The number of para-hydroxylation sites is 1. The molecule has 5 heterocycles. The molecule has 6 bridgehead atoms. The summed E-state index contributed by atoms with van der Waals surface area (Å²) in [4.78, 5) is 29.6. The van der Waals surface area contributed by atoms with E-state index in [0.717, 1.165) is 41.8 Å². The number of aromatic nitrogens is 4. The molecule has 2 aromatic heterocycles. The second-order valence-corrected chi connectivity index (χ2v) is 9.82. The molecule has 1 fully saturated rings. The Kier molecular flexibility index (Phi) is 5.12. The molecule has 0 saturated carbocycles. The fourth-order valence-electron chi connectivity index (χ4n) is 5.66. The Balaban J connectivity index is 1.48. The predicted octanol–water partition coefficient (Wildman–Crippen LogP) is 3.16. The van der Waals surface area contributed by atoms with E-state index in [4.69, 9.17) is 14.5 Å². The molecular formula is C27H27N7O3. The highest BCUT2D eigenvalue weighted by Gasteiger charge is 2.34. The van der Waals surface area contributed by atoms with Crippen LogP contribution in [0.3, 0.4) is 0 Å². The van der Waals surface area contributed by atoms with Crippen molar-refractivity contribution in [1.82, 2.24) is 24.6 Å². The molecule has 0 aliphatic carbocycles. The fraction of sp³-hybridized carbons (Fsp3) is 0.333. The van der Waals surface area contributed by atoms with E-state index in [9.17, 15) is 4.79 Å². The van der Waals surface area contributed by atoms with Crippen molar-refractivity contribution in [2.24, 2.45) is 4.99 Å². The molecule has 37 heavy (non-hydrogen) atoms. The monoisotopic (exact) mass is 497 g/mol. The molecule has 188 valence electrons. The highest BCUT2D eigenvalue weighted by molar-refractivity contribution is 6.15. The molecule has 4 atom stereocenters. The maximum atomic E-state index is 13.2. The number of fused-ring (bicyclic) bond motifs is 4. The summed E-state index contributed by atoms with van der Waals surface area (Å²) in [5.41, 5.74) is 4.53. The molecule has 10 heteroatoms. The van der Waals surface area contributed by atoms with E-state index in [1.165, 1.54) is 0 Å². The van der Waals surface area contributed by atoms with Gasteiger partial charge in [0, 0.05) is 56.2 Å². The first kappa shape index (κ1) is 22.2. The summed E-state index contributed by atoms with van der Waals surface area (Å²) in [6, 6.07) is 11.8. The molecule has 7 rings (SSSR count). The molecule has 3 aliphatic heterocycles. The van der Waals surface area contributed by atoms with Crippen molar-refractivity contribution in [3.8, 4) is 17.1 Å². The van der Waals surface area contributed by atoms with Crippen LogP contribution >= 0.6 is 0 Å². The van der Waals surface area contributed by atoms with Crippen LogP contribution in [0.2, 0.25) is 0 Å². The van der Waals surface area contributed by atoms with Crippen molar-refractivity contribution in [2.45, 2.75) is 38.3 Å². The van der Waals surface area contributed by atoms with E-state index in [1.807, 2.05) is 30.3 Å². The summed E-state index contributed by atoms with van der Waals surface area (Å²) in [5, 5.41) is 7.49. The summed E-state index contributed by atoms with van der Waals surface area (Å²) in [5.74, 6) is 1.29. The van der Waals surface area contributed by atoms with Gasteiger partial charge in [0.05, 0.1) is 28.8 Å². The van der Waals surface area contributed by atoms with Gasteiger partial charge in [-0.3, -0.25) is 19.5 Å². The standard InChI is InChI=1S/C27H27N7O3/c1-15-11-17-14-33(15)9-10-34-27(35)19-6-3-5-18(22(19)32-34)23-26(36-2)30-20-12-16(25-28-7-4-8-29-25)13-21(37-17)24(20)31-23/h3-8,12-13,15,17,26,30,32H,9-11,14H2,1-2H3/t15-,17?,26?/m1/s1. The summed E-state index contributed by atoms with van der Waals surface area (Å²) in [7, 11) is 1.64. The van der Waals surface area contributed by atoms with Crippen LogP contribution in [-0.4, -0.2) is 68.9 Å². The van der Waals surface area contributed by atoms with E-state index in [0.29, 0.717) is 40.9 Å². The minimum absolute atomic E-state index is 0.00775. The first-order valence-electron chi connectivity index (χ1n) is 12.5. The van der Waals surface area contributed by atoms with E-state index >= 15 is 0 Å². The molecule has 3 unspecified atom stereocenters. The van der Waals surface area contributed by atoms with Crippen LogP contribution in [0.5, 0.6) is 5.75 Å². The molecule has 2 N–H and O–H groups in total. The summed E-state index contributed by atoms with van der Waals surface area (Å²) in [6.07, 6.45) is 3.81. The van der Waals surface area contributed by atoms with Crippen molar-refractivity contribution < 1.29 is 9.47 Å². The number of methoxy groups -OCH3 is 1. The van der Waals surface area contributed by atoms with Crippen molar-refractivity contribution in [2.75, 3.05) is 25.5 Å². The third-order valence-corrected chi connectivity index (χ3v) is 7.53. The Bertz CT molecular complexity index is 1590. The van der Waals surface area contributed by atoms with Gasteiger partial charge >= 0.3 is 0 Å². The minimum atomic E-state index is -0.528. The lowest BCUT2D eigenvalue weighted by Crippen LogP contribution is -2.35. The van der Waals surface area contributed by atoms with Gasteiger partial charge in [0.1, 0.15) is 17.5 Å². The summed E-state index contributed by atoms with van der Waals surface area (Å²) >= 11 is 0. The van der Waals surface area contributed by atoms with E-state index in [-0.39, 0.29) is 11.7 Å². The number of hydrogen-bond donors (Lipinski definition) is 2. The largest absolute Gasteiger partial charge is 0.487 e. The zero-order valence-electron chi connectivity index (χ0n) is 20.6. The first-order valence-corrected chi connectivity index (χ1v) is 12.5. The van der Waals surface area contributed by atoms with Crippen molar-refractivity contribution in [3.63, 3.8) is 0 Å².